The van der Waals surface area contributed by atoms with Crippen molar-refractivity contribution in [3.63, 3.8) is 0 Å². The van der Waals surface area contributed by atoms with Gasteiger partial charge in [0.1, 0.15) is 12.1 Å². The lowest BCUT2D eigenvalue weighted by Gasteiger charge is -2.06. The summed E-state index contributed by atoms with van der Waals surface area (Å²) in [4.78, 5) is 19.5. The second-order valence-electron chi connectivity index (χ2n) is 4.23. The molecule has 1 N–H and O–H groups in total. The fraction of sp³-hybridized carbons (Fsp3) is 0.154. The maximum absolute atomic E-state index is 11.0. The van der Waals surface area contributed by atoms with Crippen LogP contribution in [0.2, 0.25) is 0 Å². The highest BCUT2D eigenvalue weighted by Crippen LogP contribution is 2.24. The van der Waals surface area contributed by atoms with Gasteiger partial charge in [0.2, 0.25) is 0 Å². The second kappa shape index (κ2) is 3.80. The van der Waals surface area contributed by atoms with Gasteiger partial charge in [0, 0.05) is 24.4 Å². The summed E-state index contributed by atoms with van der Waals surface area (Å²) in [6.07, 6.45) is 9.68. The van der Waals surface area contributed by atoms with Gasteiger partial charge >= 0.3 is 5.97 Å². The van der Waals surface area contributed by atoms with Gasteiger partial charge in [0.25, 0.3) is 0 Å². The number of carboxylic acids is 1. The number of hydrogen-bond donors (Lipinski definition) is 1. The van der Waals surface area contributed by atoms with E-state index in [1.165, 1.54) is 6.33 Å². The molecule has 0 amide bonds. The smallest absolute Gasteiger partial charge is 0.337 e. The molecule has 0 unspecified atom stereocenters. The largest absolute Gasteiger partial charge is 0.478 e. The molecule has 2 aromatic rings. The van der Waals surface area contributed by atoms with Crippen molar-refractivity contribution in [1.29, 1.82) is 0 Å². The molecule has 0 bridgehead atoms. The highest BCUT2D eigenvalue weighted by molar-refractivity contribution is 5.89. The molecule has 90 valence electrons. The van der Waals surface area contributed by atoms with Crippen LogP contribution in [-0.2, 0) is 6.42 Å². The Bertz CT molecular complexity index is 671. The molecule has 2 heterocycles. The zero-order chi connectivity index (χ0) is 12.7. The van der Waals surface area contributed by atoms with Crippen molar-refractivity contribution < 1.29 is 9.90 Å². The van der Waals surface area contributed by atoms with Crippen LogP contribution in [-0.4, -0.2) is 25.6 Å². The number of rotatable bonds is 2. The molecule has 5 heteroatoms. The molecule has 0 aliphatic heterocycles. The predicted molar refractivity (Wildman–Crippen MR) is 65.8 cm³/mol. The summed E-state index contributed by atoms with van der Waals surface area (Å²) in [6, 6.07) is 0. The lowest BCUT2D eigenvalue weighted by Crippen LogP contribution is -2.01. The Balaban J connectivity index is 2.16. The van der Waals surface area contributed by atoms with Crippen molar-refractivity contribution >= 4 is 12.0 Å². The molecular weight excluding hydrogens is 230 g/mol. The van der Waals surface area contributed by atoms with Crippen LogP contribution in [0.5, 0.6) is 0 Å². The molecule has 0 saturated carbocycles. The monoisotopic (exact) mass is 241 g/mol. The third-order valence-corrected chi connectivity index (χ3v) is 3.04. The van der Waals surface area contributed by atoms with Crippen LogP contribution in [0.15, 0.2) is 24.8 Å². The summed E-state index contributed by atoms with van der Waals surface area (Å²) >= 11 is 0. The second-order valence-corrected chi connectivity index (χ2v) is 4.23. The van der Waals surface area contributed by atoms with Crippen molar-refractivity contribution in [3.05, 3.63) is 47.2 Å². The van der Waals surface area contributed by atoms with Gasteiger partial charge in [0.05, 0.1) is 11.3 Å². The van der Waals surface area contributed by atoms with E-state index >= 15 is 0 Å². The number of aromatic carboxylic acids is 1. The molecule has 1 aliphatic carbocycles. The summed E-state index contributed by atoms with van der Waals surface area (Å²) in [7, 11) is 0. The molecular formula is C13H11N3O2. The molecule has 3 rings (SSSR count). The van der Waals surface area contributed by atoms with Gasteiger partial charge in [-0.2, -0.15) is 0 Å². The summed E-state index contributed by atoms with van der Waals surface area (Å²) in [5.74, 6) is -0.197. The normalized spacial score (nSPS) is 12.7. The minimum absolute atomic E-state index is 0.296. The van der Waals surface area contributed by atoms with E-state index in [2.05, 4.69) is 9.97 Å². The van der Waals surface area contributed by atoms with Crippen LogP contribution >= 0.6 is 0 Å². The fourth-order valence-corrected chi connectivity index (χ4v) is 2.15. The highest BCUT2D eigenvalue weighted by Gasteiger charge is 2.16. The molecule has 1 aliphatic rings. The van der Waals surface area contributed by atoms with Crippen molar-refractivity contribution in [2.75, 3.05) is 0 Å². The van der Waals surface area contributed by atoms with E-state index < -0.39 is 5.97 Å². The van der Waals surface area contributed by atoms with Crippen LogP contribution in [0.3, 0.4) is 0 Å². The summed E-state index contributed by atoms with van der Waals surface area (Å²) in [5, 5.41) is 9.06. The Hall–Kier alpha value is -2.43. The third kappa shape index (κ3) is 1.52. The zero-order valence-corrected chi connectivity index (χ0v) is 9.79. The van der Waals surface area contributed by atoms with Gasteiger partial charge in [-0.05, 0) is 12.5 Å². The highest BCUT2D eigenvalue weighted by atomic mass is 16.4. The van der Waals surface area contributed by atoms with Crippen LogP contribution < -0.4 is 0 Å². The standard InChI is InChI=1S/C13H11N3O2/c1-8-5-16(6-10(8)13(17)18)12-9-3-2-4-11(9)14-7-15-12/h2-3,5-7H,4H2,1H3,(H,17,18). The van der Waals surface area contributed by atoms with Crippen LogP contribution in [0.4, 0.5) is 0 Å². The summed E-state index contributed by atoms with van der Waals surface area (Å²) in [6.45, 7) is 1.78. The SMILES string of the molecule is Cc1cn(-c2ncnc3c2C=CC3)cc1C(=O)O. The van der Waals surface area contributed by atoms with E-state index in [1.54, 1.807) is 23.9 Å². The summed E-state index contributed by atoms with van der Waals surface area (Å²) in [5.41, 5.74) is 2.95. The summed E-state index contributed by atoms with van der Waals surface area (Å²) < 4.78 is 1.74. The van der Waals surface area contributed by atoms with E-state index in [0.717, 1.165) is 29.1 Å². The number of carboxylic acid groups (broad SMARTS) is 1. The number of carbonyl (C=O) groups is 1. The van der Waals surface area contributed by atoms with Gasteiger partial charge in [-0.25, -0.2) is 14.8 Å². The van der Waals surface area contributed by atoms with Crippen molar-refractivity contribution in [2.45, 2.75) is 13.3 Å². The number of aryl methyl sites for hydroxylation is 1. The molecule has 0 atom stereocenters. The van der Waals surface area contributed by atoms with Crippen LogP contribution in [0, 0.1) is 6.92 Å². The number of allylic oxidation sites excluding steroid dienone is 1. The molecule has 5 nitrogen and oxygen atoms in total. The van der Waals surface area contributed by atoms with Gasteiger partial charge in [-0.1, -0.05) is 12.2 Å². The van der Waals surface area contributed by atoms with Crippen LogP contribution in [0.1, 0.15) is 27.2 Å². The first-order valence-corrected chi connectivity index (χ1v) is 5.59. The van der Waals surface area contributed by atoms with E-state index in [0.29, 0.717) is 5.56 Å². The molecule has 0 radical (unpaired) electrons. The lowest BCUT2D eigenvalue weighted by atomic mass is 10.2. The number of hydrogen-bond acceptors (Lipinski definition) is 3. The average Bonchev–Trinajstić information content (AvgIpc) is 2.94. The maximum atomic E-state index is 11.0. The molecule has 0 saturated heterocycles. The predicted octanol–water partition coefficient (Wildman–Crippen LogP) is 1.84. The Kier molecular flexibility index (Phi) is 2.26. The first-order valence-electron chi connectivity index (χ1n) is 5.59. The Morgan fingerprint density at radius 1 is 1.39 bits per heavy atom. The Labute approximate surface area is 103 Å². The third-order valence-electron chi connectivity index (χ3n) is 3.04. The average molecular weight is 241 g/mol. The molecule has 2 aromatic heterocycles. The Morgan fingerprint density at radius 3 is 2.94 bits per heavy atom. The van der Waals surface area contributed by atoms with E-state index in [-0.39, 0.29) is 0 Å². The number of fused-ring (bicyclic) bond motifs is 1. The van der Waals surface area contributed by atoms with Gasteiger partial charge in [0.15, 0.2) is 0 Å². The maximum Gasteiger partial charge on any atom is 0.337 e. The zero-order valence-electron chi connectivity index (χ0n) is 9.79. The minimum Gasteiger partial charge on any atom is -0.478 e. The molecule has 0 aromatic carbocycles. The number of aromatic nitrogens is 3. The first-order chi connectivity index (χ1) is 8.66. The molecule has 0 spiro atoms. The minimum atomic E-state index is -0.924. The lowest BCUT2D eigenvalue weighted by molar-refractivity contribution is 0.0696. The molecule has 18 heavy (non-hydrogen) atoms. The van der Waals surface area contributed by atoms with E-state index in [1.807, 2.05) is 12.2 Å². The molecule has 0 fully saturated rings. The fourth-order valence-electron chi connectivity index (χ4n) is 2.15. The van der Waals surface area contributed by atoms with Gasteiger partial charge < -0.3 is 9.67 Å². The van der Waals surface area contributed by atoms with Crippen LogP contribution in [0.25, 0.3) is 11.9 Å². The van der Waals surface area contributed by atoms with Crippen molar-refractivity contribution in [3.8, 4) is 5.82 Å². The van der Waals surface area contributed by atoms with E-state index in [9.17, 15) is 4.79 Å². The first kappa shape index (κ1) is 10.7. The van der Waals surface area contributed by atoms with Crippen molar-refractivity contribution in [2.24, 2.45) is 0 Å². The van der Waals surface area contributed by atoms with E-state index in [4.69, 9.17) is 5.11 Å². The van der Waals surface area contributed by atoms with Gasteiger partial charge in [-0.15, -0.1) is 0 Å². The Morgan fingerprint density at radius 2 is 2.22 bits per heavy atom. The van der Waals surface area contributed by atoms with Gasteiger partial charge in [-0.3, -0.25) is 0 Å². The topological polar surface area (TPSA) is 68.0 Å². The number of nitrogens with zero attached hydrogens (tertiary/aromatic N) is 3. The van der Waals surface area contributed by atoms with Crippen molar-refractivity contribution in [1.82, 2.24) is 14.5 Å². The quantitative estimate of drug-likeness (QED) is 0.871.